The SMILES string of the molecule is COc1ccccc1-c1nccc(COc2ccccc2C[C@@H](Oc2ncnc3sc(-c4ccc(F)cc4)c(-c4ccc(OCCN5CC[N+](C)(Cc6ccc(NC(=O)[C@H](CCCNC(N)=O)NC(=O)C7(C(=O)NCCOCCN8C(=O)C=CC8=O)CCC7)cc6S(=O)(=O)[O-])CC5)c(Cl)c4C)c23)C(=O)O)n1. The van der Waals surface area contributed by atoms with E-state index in [0.29, 0.717) is 126 Å². The fourth-order valence-corrected chi connectivity index (χ4v) is 14.9. The van der Waals surface area contributed by atoms with Crippen molar-refractivity contribution < 1.29 is 84.2 Å². The standard InChI is InChI=1S/C74H78ClFN12O16S2/c1-45-52(62-63-68(81-44-82-69(63)105-65(62)46-15-18-49(76)19-16-46)104-58(70(92)93)40-47-10-4-6-13-55(47)103-43-51-25-29-78-66(83-51)53-11-5-7-14-56(53)100-3)21-22-57(64(45)75)102-39-33-86-31-35-88(2,36-32-86)42-48-17-20-50(41-59(48)106(97,98)99)84-67(91)54(12-8-28-80-73(77)96)85-72(95)74(26-9-27-74)71(94)79-30-37-101-38-34-87-60(89)23-24-61(87)90/h4-7,10-11,13-25,29,41,44,54,58H,8-9,12,26-28,30-40,42-43H2,1-3H3,(H7-,77,79,80,84,85,91,92,93,94,95,96,97,98,99)/t54-,58+/m0/s1. The Bertz CT molecular complexity index is 4750. The minimum atomic E-state index is -5.12. The third-order valence-electron chi connectivity index (χ3n) is 18.8. The van der Waals surface area contributed by atoms with Gasteiger partial charge in [-0.05, 0) is 109 Å². The number of rotatable bonds is 34. The van der Waals surface area contributed by atoms with E-state index in [1.807, 2.05) is 44.3 Å². The van der Waals surface area contributed by atoms with Crippen LogP contribution in [-0.2, 0) is 63.2 Å². The number of carbonyl (C=O) groups is 7. The Labute approximate surface area is 618 Å². The number of halogens is 2. The first-order chi connectivity index (χ1) is 50.9. The topological polar surface area (TPSA) is 375 Å². The molecule has 106 heavy (non-hydrogen) atoms. The number of thiophene rings is 1. The van der Waals surface area contributed by atoms with E-state index in [4.69, 9.17) is 46.0 Å². The van der Waals surface area contributed by atoms with Gasteiger partial charge in [-0.2, -0.15) is 0 Å². The third-order valence-corrected chi connectivity index (χ3v) is 21.4. The second-order valence-electron chi connectivity index (χ2n) is 25.9. The molecule has 2 atom stereocenters. The molecule has 8 aromatic rings. The van der Waals surface area contributed by atoms with Crippen LogP contribution in [0.4, 0.5) is 14.9 Å². The summed E-state index contributed by atoms with van der Waals surface area (Å²) in [5, 5.41) is 21.9. The minimum absolute atomic E-state index is 0.000303. The molecule has 5 aromatic carbocycles. The number of anilines is 1. The number of imide groups is 1. The average Bonchev–Trinajstić information content (AvgIpc) is 1.56. The fraction of sp³-hybridized carbons (Fsp3) is 0.338. The van der Waals surface area contributed by atoms with Crippen LogP contribution in [0.5, 0.6) is 23.1 Å². The Balaban J connectivity index is 0.721. The lowest BCUT2D eigenvalue weighted by atomic mass is 9.67. The molecule has 1 aliphatic carbocycles. The summed E-state index contributed by atoms with van der Waals surface area (Å²) in [6.07, 6.45) is 4.62. The van der Waals surface area contributed by atoms with E-state index in [-0.39, 0.29) is 102 Å². The fourth-order valence-electron chi connectivity index (χ4n) is 12.8. The number of benzene rings is 5. The largest absolute Gasteiger partial charge is 0.744 e. The van der Waals surface area contributed by atoms with Gasteiger partial charge in [0.05, 0.1) is 73.6 Å². The summed E-state index contributed by atoms with van der Waals surface area (Å²) >= 11 is 8.51. The molecule has 0 unspecified atom stereocenters. The molecule has 7 N–H and O–H groups in total. The molecule has 0 radical (unpaired) electrons. The summed E-state index contributed by atoms with van der Waals surface area (Å²) < 4.78 is 84.0. The number of ether oxygens (including phenoxy) is 5. The van der Waals surface area contributed by atoms with Gasteiger partial charge in [-0.3, -0.25) is 33.8 Å². The van der Waals surface area contributed by atoms with E-state index in [1.54, 1.807) is 61.8 Å². The van der Waals surface area contributed by atoms with E-state index in [2.05, 4.69) is 41.1 Å². The number of amides is 7. The number of hydrogen-bond donors (Lipinski definition) is 6. The summed E-state index contributed by atoms with van der Waals surface area (Å²) in [6, 6.07) is 27.6. The molecule has 556 valence electrons. The number of methoxy groups -OCH3 is 1. The lowest BCUT2D eigenvalue weighted by molar-refractivity contribution is -0.926. The highest BCUT2D eigenvalue weighted by atomic mass is 35.5. The summed E-state index contributed by atoms with van der Waals surface area (Å²) in [5.41, 5.74) is 8.14. The molecule has 3 aromatic heterocycles. The number of aliphatic carboxylic acids is 1. The first-order valence-corrected chi connectivity index (χ1v) is 36.7. The molecular weight excluding hydrogens is 1430 g/mol. The van der Waals surface area contributed by atoms with Crippen LogP contribution in [0.15, 0.2) is 139 Å². The maximum atomic E-state index is 14.5. The van der Waals surface area contributed by atoms with Gasteiger partial charge in [-0.15, -0.1) is 11.3 Å². The number of likely N-dealkylation sites (N-methyl/N-ethyl adjacent to an activating group) is 1. The smallest absolute Gasteiger partial charge is 0.345 e. The second-order valence-corrected chi connectivity index (χ2v) is 28.7. The highest BCUT2D eigenvalue weighted by Gasteiger charge is 2.51. The zero-order valence-electron chi connectivity index (χ0n) is 58.1. The summed E-state index contributed by atoms with van der Waals surface area (Å²) in [4.78, 5) is 112. The van der Waals surface area contributed by atoms with Crippen LogP contribution < -0.4 is 45.9 Å². The second kappa shape index (κ2) is 34.1. The van der Waals surface area contributed by atoms with Gasteiger partial charge in [0.25, 0.3) is 11.8 Å². The zero-order valence-corrected chi connectivity index (χ0v) is 60.5. The molecule has 5 heterocycles. The predicted molar refractivity (Wildman–Crippen MR) is 388 cm³/mol. The number of para-hydroxylation sites is 2. The number of quaternary nitrogens is 1. The van der Waals surface area contributed by atoms with E-state index in [9.17, 15) is 56.0 Å². The molecule has 7 amide bonds. The third kappa shape index (κ3) is 18.4. The van der Waals surface area contributed by atoms with Crippen LogP contribution in [0.3, 0.4) is 0 Å². The number of carbonyl (C=O) groups excluding carboxylic acids is 6. The number of nitrogens with two attached hydrogens (primary N) is 1. The number of urea groups is 1. The summed E-state index contributed by atoms with van der Waals surface area (Å²) in [5.74, 6) is -2.92. The molecule has 1 saturated carbocycles. The molecule has 0 bridgehead atoms. The van der Waals surface area contributed by atoms with E-state index in [0.717, 1.165) is 23.1 Å². The Morgan fingerprint density at radius 3 is 2.27 bits per heavy atom. The molecule has 2 aliphatic heterocycles. The van der Waals surface area contributed by atoms with Crippen molar-refractivity contribution in [2.45, 2.75) is 75.6 Å². The van der Waals surface area contributed by atoms with Crippen LogP contribution >= 0.6 is 22.9 Å². The maximum absolute atomic E-state index is 14.5. The Hall–Kier alpha value is -10.5. The molecule has 2 fully saturated rings. The zero-order chi connectivity index (χ0) is 75.3. The van der Waals surface area contributed by atoms with Crippen molar-refractivity contribution in [3.63, 3.8) is 0 Å². The quantitative estimate of drug-likeness (QED) is 0.00743. The van der Waals surface area contributed by atoms with Gasteiger partial charge in [0.15, 0.2) is 5.82 Å². The number of fused-ring (bicyclic) bond motifs is 1. The van der Waals surface area contributed by atoms with Crippen molar-refractivity contribution in [3.05, 3.63) is 167 Å². The lowest BCUT2D eigenvalue weighted by Crippen LogP contribution is -2.58. The molecule has 1 saturated heterocycles. The summed E-state index contributed by atoms with van der Waals surface area (Å²) in [7, 11) is -1.60. The highest BCUT2D eigenvalue weighted by Crippen LogP contribution is 2.50. The number of carboxylic acid groups (broad SMARTS) is 1. The van der Waals surface area contributed by atoms with Crippen molar-refractivity contribution >= 4 is 90.5 Å². The van der Waals surface area contributed by atoms with Crippen LogP contribution in [0.2, 0.25) is 5.02 Å². The predicted octanol–water partition coefficient (Wildman–Crippen LogP) is 7.59. The number of nitrogens with one attached hydrogen (secondary N) is 4. The van der Waals surface area contributed by atoms with Crippen molar-refractivity contribution in [2.24, 2.45) is 11.1 Å². The Kier molecular flexibility index (Phi) is 24.7. The average molecular weight is 1510 g/mol. The van der Waals surface area contributed by atoms with E-state index < -0.39 is 79.9 Å². The molecule has 32 heteroatoms. The molecular formula is C74H78ClFN12O16S2. The number of piperazine rings is 1. The van der Waals surface area contributed by atoms with Crippen LogP contribution in [0.1, 0.15) is 54.5 Å². The van der Waals surface area contributed by atoms with Crippen molar-refractivity contribution in [2.75, 3.05) is 91.7 Å². The maximum Gasteiger partial charge on any atom is 0.345 e. The van der Waals surface area contributed by atoms with E-state index >= 15 is 0 Å². The van der Waals surface area contributed by atoms with E-state index in [1.165, 1.54) is 41.9 Å². The van der Waals surface area contributed by atoms with Gasteiger partial charge < -0.3 is 64.8 Å². The van der Waals surface area contributed by atoms with Gasteiger partial charge in [0, 0.05) is 79.2 Å². The molecule has 11 rings (SSSR count). The molecule has 28 nitrogen and oxygen atoms in total. The lowest BCUT2D eigenvalue weighted by Gasteiger charge is -2.42. The van der Waals surface area contributed by atoms with Gasteiger partial charge in [-0.25, -0.2) is 42.3 Å². The number of aromatic nitrogens is 4. The van der Waals surface area contributed by atoms with Gasteiger partial charge in [-0.1, -0.05) is 72.6 Å². The Morgan fingerprint density at radius 2 is 1.57 bits per heavy atom. The van der Waals surface area contributed by atoms with Crippen LogP contribution in [-0.4, -0.2) is 192 Å². The first-order valence-electron chi connectivity index (χ1n) is 34.1. The number of carboxylic acids is 1. The van der Waals surface area contributed by atoms with Crippen molar-refractivity contribution in [1.82, 2.24) is 45.7 Å². The molecule has 3 aliphatic rings. The number of primary amides is 1. The van der Waals surface area contributed by atoms with Crippen molar-refractivity contribution in [1.29, 1.82) is 0 Å². The number of nitrogens with zero attached hydrogens (tertiary/aromatic N) is 7. The van der Waals surface area contributed by atoms with Gasteiger partial charge >= 0.3 is 12.0 Å². The van der Waals surface area contributed by atoms with Gasteiger partial charge in [0.2, 0.25) is 29.7 Å². The first kappa shape index (κ1) is 76.6. The van der Waals surface area contributed by atoms with Crippen LogP contribution in [0, 0.1) is 18.2 Å². The Morgan fingerprint density at radius 1 is 0.830 bits per heavy atom. The molecule has 0 spiro atoms. The normalized spacial score (nSPS) is 15.3. The van der Waals surface area contributed by atoms with Gasteiger partial charge in [0.1, 0.15) is 75.6 Å². The summed E-state index contributed by atoms with van der Waals surface area (Å²) in [6.45, 7) is 4.99. The monoisotopic (exact) mass is 1510 g/mol. The number of hydrogen-bond acceptors (Lipinski definition) is 21. The van der Waals surface area contributed by atoms with Crippen LogP contribution in [0.25, 0.3) is 43.2 Å². The highest BCUT2D eigenvalue weighted by molar-refractivity contribution is 7.85. The van der Waals surface area contributed by atoms with Crippen molar-refractivity contribution in [3.8, 4) is 56.1 Å². The minimum Gasteiger partial charge on any atom is -0.744 e.